The first kappa shape index (κ1) is 24.0. The van der Waals surface area contributed by atoms with Crippen molar-refractivity contribution >= 4 is 46.0 Å². The van der Waals surface area contributed by atoms with Crippen molar-refractivity contribution in [2.75, 3.05) is 0 Å². The maximum Gasteiger partial charge on any atom is 0.325 e. The molecule has 4 aromatic rings. The summed E-state index contributed by atoms with van der Waals surface area (Å²) in [5.74, 6) is -1.19. The van der Waals surface area contributed by atoms with Crippen LogP contribution < -0.4 is 10.1 Å². The molecular weight excluding hydrogens is 464 g/mol. The molecular formula is C28H23ClN2O4. The highest BCUT2D eigenvalue weighted by atomic mass is 35.5. The molecule has 0 spiro atoms. The first-order valence-electron chi connectivity index (χ1n) is 11.0. The number of carboxylic acids is 1. The van der Waals surface area contributed by atoms with Crippen molar-refractivity contribution in [3.05, 3.63) is 107 Å². The van der Waals surface area contributed by atoms with E-state index in [0.29, 0.717) is 16.3 Å². The number of nitrogens with zero attached hydrogens (tertiary/aromatic N) is 1. The molecule has 1 unspecified atom stereocenters. The maximum atomic E-state index is 13.2. The Bertz CT molecular complexity index is 1400. The van der Waals surface area contributed by atoms with Crippen molar-refractivity contribution in [2.24, 2.45) is 0 Å². The van der Waals surface area contributed by atoms with Gasteiger partial charge in [0, 0.05) is 16.0 Å². The van der Waals surface area contributed by atoms with E-state index in [1.54, 1.807) is 48.5 Å². The lowest BCUT2D eigenvalue weighted by Gasteiger charge is -2.16. The number of fused-ring (bicyclic) bond motifs is 1. The molecule has 7 heteroatoms. The molecule has 3 aromatic carbocycles. The van der Waals surface area contributed by atoms with Crippen molar-refractivity contribution in [3.63, 3.8) is 0 Å². The van der Waals surface area contributed by atoms with Gasteiger partial charge in [-0.05, 0) is 48.9 Å². The van der Waals surface area contributed by atoms with E-state index in [2.05, 4.69) is 10.3 Å². The number of ether oxygens (including phenoxy) is 1. The van der Waals surface area contributed by atoms with E-state index in [0.717, 1.165) is 22.2 Å². The summed E-state index contributed by atoms with van der Waals surface area (Å²) in [6.07, 6.45) is 1.68. The number of hydrogen-bond acceptors (Lipinski definition) is 4. The molecule has 0 saturated carbocycles. The van der Waals surface area contributed by atoms with E-state index < -0.39 is 17.9 Å². The van der Waals surface area contributed by atoms with E-state index in [9.17, 15) is 14.7 Å². The molecule has 6 nitrogen and oxygen atoms in total. The monoisotopic (exact) mass is 486 g/mol. The zero-order valence-electron chi connectivity index (χ0n) is 18.9. The molecule has 35 heavy (non-hydrogen) atoms. The van der Waals surface area contributed by atoms with Crippen LogP contribution in [-0.4, -0.2) is 28.0 Å². The molecule has 0 radical (unpaired) electrons. The number of halogens is 1. The van der Waals surface area contributed by atoms with Gasteiger partial charge in [-0.3, -0.25) is 9.59 Å². The molecule has 2 N–H and O–H groups in total. The number of hydrogen-bond donors (Lipinski definition) is 2. The van der Waals surface area contributed by atoms with Gasteiger partial charge in [-0.1, -0.05) is 66.2 Å². The summed E-state index contributed by atoms with van der Waals surface area (Å²) >= 11 is 6.00. The molecule has 0 aliphatic carbocycles. The van der Waals surface area contributed by atoms with Gasteiger partial charge in [0.25, 0.3) is 5.91 Å². The van der Waals surface area contributed by atoms with E-state index in [-0.39, 0.29) is 12.2 Å². The molecule has 1 heterocycles. The maximum absolute atomic E-state index is 13.2. The van der Waals surface area contributed by atoms with Gasteiger partial charge in [-0.15, -0.1) is 0 Å². The highest BCUT2D eigenvalue weighted by Crippen LogP contribution is 2.29. The van der Waals surface area contributed by atoms with Crippen molar-refractivity contribution in [2.45, 2.75) is 19.6 Å². The number of carbonyl (C=O) groups excluding carboxylic acids is 1. The summed E-state index contributed by atoms with van der Waals surface area (Å²) < 4.78 is 6.09. The number of pyridine rings is 1. The predicted molar refractivity (Wildman–Crippen MR) is 137 cm³/mol. The summed E-state index contributed by atoms with van der Waals surface area (Å²) in [6, 6.07) is 24.8. The van der Waals surface area contributed by atoms with Crippen molar-refractivity contribution in [1.82, 2.24) is 10.3 Å². The third-order valence-corrected chi connectivity index (χ3v) is 5.60. The largest absolute Gasteiger partial charge is 0.487 e. The van der Waals surface area contributed by atoms with Gasteiger partial charge in [0.15, 0.2) is 0 Å². The average Bonchev–Trinajstić information content (AvgIpc) is 2.87. The number of benzene rings is 3. The second-order valence-electron chi connectivity index (χ2n) is 7.92. The zero-order valence-corrected chi connectivity index (χ0v) is 19.7. The van der Waals surface area contributed by atoms with E-state index >= 15 is 0 Å². The van der Waals surface area contributed by atoms with Crippen LogP contribution in [0.25, 0.3) is 22.6 Å². The number of nitrogens with one attached hydrogen (secondary N) is 1. The molecule has 0 bridgehead atoms. The van der Waals surface area contributed by atoms with Crippen LogP contribution in [0.3, 0.4) is 0 Å². The molecule has 0 saturated heterocycles. The third-order valence-electron chi connectivity index (χ3n) is 5.35. The van der Waals surface area contributed by atoms with Gasteiger partial charge in [-0.25, -0.2) is 4.98 Å². The van der Waals surface area contributed by atoms with Crippen LogP contribution in [0.4, 0.5) is 0 Å². The van der Waals surface area contributed by atoms with Crippen molar-refractivity contribution in [1.29, 1.82) is 0 Å². The minimum Gasteiger partial charge on any atom is -0.487 e. The fraction of sp³-hybridized carbons (Fsp3) is 0.107. The number of amides is 1. The zero-order chi connectivity index (χ0) is 24.8. The number of carbonyl (C=O) groups is 2. The topological polar surface area (TPSA) is 88.5 Å². The Labute approximate surface area is 207 Å². The van der Waals surface area contributed by atoms with Gasteiger partial charge in [0.1, 0.15) is 18.4 Å². The van der Waals surface area contributed by atoms with Gasteiger partial charge in [-0.2, -0.15) is 0 Å². The summed E-state index contributed by atoms with van der Waals surface area (Å²) in [5.41, 5.74) is 3.13. The van der Waals surface area contributed by atoms with Gasteiger partial charge in [0.05, 0.1) is 16.8 Å². The summed E-state index contributed by atoms with van der Waals surface area (Å²) in [6.45, 7) is 1.61. The highest BCUT2D eigenvalue weighted by molar-refractivity contribution is 6.30. The predicted octanol–water partition coefficient (Wildman–Crippen LogP) is 5.60. The van der Waals surface area contributed by atoms with Crippen molar-refractivity contribution < 1.29 is 19.4 Å². The van der Waals surface area contributed by atoms with Gasteiger partial charge < -0.3 is 15.2 Å². The average molecular weight is 487 g/mol. The van der Waals surface area contributed by atoms with E-state index in [1.807, 2.05) is 42.5 Å². The van der Waals surface area contributed by atoms with Gasteiger partial charge >= 0.3 is 5.97 Å². The van der Waals surface area contributed by atoms with Crippen LogP contribution in [0.5, 0.6) is 5.75 Å². The van der Waals surface area contributed by atoms with Crippen LogP contribution in [0.15, 0.2) is 84.9 Å². The summed E-state index contributed by atoms with van der Waals surface area (Å²) in [7, 11) is 0. The Hall–Kier alpha value is -4.16. The minimum absolute atomic E-state index is 0.198. The lowest BCUT2D eigenvalue weighted by Crippen LogP contribution is -2.38. The highest BCUT2D eigenvalue weighted by Gasteiger charge is 2.21. The quantitative estimate of drug-likeness (QED) is 0.250. The van der Waals surface area contributed by atoms with Crippen LogP contribution in [-0.2, 0) is 16.2 Å². The Balaban J connectivity index is 1.67. The van der Waals surface area contributed by atoms with E-state index in [4.69, 9.17) is 16.3 Å². The Kier molecular flexibility index (Phi) is 7.43. The third kappa shape index (κ3) is 6.05. The SMILES string of the molecule is CC(NC(=O)/C(=C/c1ccc(Cl)cc1)c1ccccc1OCc1ccc2ccccc2n1)C(=O)O. The molecule has 4 rings (SSSR count). The molecule has 0 aliphatic rings. The molecule has 0 aliphatic heterocycles. The Morgan fingerprint density at radius 1 is 1.00 bits per heavy atom. The first-order chi connectivity index (χ1) is 16.9. The minimum atomic E-state index is -1.13. The fourth-order valence-electron chi connectivity index (χ4n) is 3.48. The van der Waals surface area contributed by atoms with Crippen LogP contribution in [0, 0.1) is 0 Å². The normalized spacial score (nSPS) is 12.2. The summed E-state index contributed by atoms with van der Waals surface area (Å²) in [4.78, 5) is 29.1. The number of rotatable bonds is 8. The second-order valence-corrected chi connectivity index (χ2v) is 8.36. The lowest BCUT2D eigenvalue weighted by atomic mass is 10.0. The van der Waals surface area contributed by atoms with Crippen LogP contribution in [0.1, 0.15) is 23.7 Å². The second kappa shape index (κ2) is 10.8. The lowest BCUT2D eigenvalue weighted by molar-refractivity contribution is -0.140. The summed E-state index contributed by atoms with van der Waals surface area (Å²) in [5, 5.41) is 13.4. The Morgan fingerprint density at radius 2 is 1.71 bits per heavy atom. The van der Waals surface area contributed by atoms with Crippen LogP contribution >= 0.6 is 11.6 Å². The first-order valence-corrected chi connectivity index (χ1v) is 11.4. The van der Waals surface area contributed by atoms with E-state index in [1.165, 1.54) is 6.92 Å². The molecule has 176 valence electrons. The molecule has 1 amide bonds. The number of para-hydroxylation sites is 2. The van der Waals surface area contributed by atoms with Crippen LogP contribution in [0.2, 0.25) is 5.02 Å². The molecule has 0 fully saturated rings. The van der Waals surface area contributed by atoms with Crippen molar-refractivity contribution in [3.8, 4) is 5.75 Å². The van der Waals surface area contributed by atoms with Gasteiger partial charge in [0.2, 0.25) is 0 Å². The number of carboxylic acid groups (broad SMARTS) is 1. The number of aliphatic carboxylic acids is 1. The Morgan fingerprint density at radius 3 is 2.49 bits per heavy atom. The smallest absolute Gasteiger partial charge is 0.325 e. The molecule has 1 atom stereocenters. The molecule has 1 aromatic heterocycles. The fourth-order valence-corrected chi connectivity index (χ4v) is 3.61. The standard InChI is InChI=1S/C28H23ClN2O4/c1-18(28(33)34)30-27(32)24(16-19-10-13-21(29)14-11-19)23-7-3-5-9-26(23)35-17-22-15-12-20-6-2-4-8-25(20)31-22/h2-16,18H,17H2,1H3,(H,30,32)(H,33,34)/b24-16+. The number of aromatic nitrogens is 1.